The first-order chi connectivity index (χ1) is 11.5. The van der Waals surface area contributed by atoms with Gasteiger partial charge in [-0.1, -0.05) is 31.1 Å². The van der Waals surface area contributed by atoms with Gasteiger partial charge in [0.2, 0.25) is 11.0 Å². The number of nitrogens with one attached hydrogen (secondary N) is 1. The zero-order chi connectivity index (χ0) is 17.5. The van der Waals surface area contributed by atoms with Crippen LogP contribution >= 0.6 is 11.3 Å². The number of rotatable bonds is 6. The fraction of sp³-hybridized carbons (Fsp3) is 0.750. The highest BCUT2D eigenvalue weighted by atomic mass is 32.1. The first kappa shape index (κ1) is 18.6. The Hall–Kier alpha value is -1.70. The van der Waals surface area contributed by atoms with Gasteiger partial charge in [0, 0.05) is 33.6 Å². The maximum absolute atomic E-state index is 12.5. The molecule has 0 unspecified atom stereocenters. The zero-order valence-electron chi connectivity index (χ0n) is 14.7. The lowest BCUT2D eigenvalue weighted by atomic mass is 9.97. The maximum atomic E-state index is 12.5. The van der Waals surface area contributed by atoms with Gasteiger partial charge in [0.05, 0.1) is 5.92 Å². The number of nitrogens with zero attached hydrogens (tertiary/aromatic N) is 4. The van der Waals surface area contributed by atoms with Crippen molar-refractivity contribution in [2.24, 2.45) is 5.92 Å². The number of amides is 3. The number of carbonyl (C=O) groups excluding carboxylic acids is 2. The first-order valence-electron chi connectivity index (χ1n) is 8.60. The molecule has 1 aliphatic heterocycles. The third-order valence-corrected chi connectivity index (χ3v) is 5.03. The Kier molecular flexibility index (Phi) is 6.96. The molecule has 0 radical (unpaired) electrons. The van der Waals surface area contributed by atoms with Gasteiger partial charge in [-0.15, -0.1) is 10.2 Å². The molecule has 0 aliphatic carbocycles. The van der Waals surface area contributed by atoms with Crippen LogP contribution in [0.1, 0.15) is 44.0 Å². The molecule has 1 aliphatic rings. The summed E-state index contributed by atoms with van der Waals surface area (Å²) in [4.78, 5) is 27.8. The number of unbranched alkanes of at least 4 members (excludes halogenated alkanes) is 2. The standard InChI is InChI=1S/C16H27N5O2S/c1-4-5-6-9-13-18-19-15(24-13)17-14(22)12-8-7-10-21(11-12)16(23)20(2)3/h12H,4-11H2,1-3H3,(H,17,19,22)/t12-/m1/s1. The number of hydrogen-bond donors (Lipinski definition) is 1. The zero-order valence-corrected chi connectivity index (χ0v) is 15.6. The molecule has 8 heteroatoms. The van der Waals surface area contributed by atoms with Gasteiger partial charge in [-0.05, 0) is 19.3 Å². The number of urea groups is 1. The van der Waals surface area contributed by atoms with Crippen LogP contribution in [0.4, 0.5) is 9.93 Å². The van der Waals surface area contributed by atoms with E-state index in [2.05, 4.69) is 22.4 Å². The molecular weight excluding hydrogens is 326 g/mol. The van der Waals surface area contributed by atoms with Crippen molar-refractivity contribution in [2.75, 3.05) is 32.5 Å². The lowest BCUT2D eigenvalue weighted by Crippen LogP contribution is -2.47. The predicted molar refractivity (Wildman–Crippen MR) is 95.1 cm³/mol. The number of carbonyl (C=O) groups is 2. The van der Waals surface area contributed by atoms with Crippen LogP contribution in [0.25, 0.3) is 0 Å². The second-order valence-electron chi connectivity index (χ2n) is 6.41. The van der Waals surface area contributed by atoms with Crippen LogP contribution in [-0.2, 0) is 11.2 Å². The number of likely N-dealkylation sites (tertiary alicyclic amines) is 1. The van der Waals surface area contributed by atoms with Gasteiger partial charge >= 0.3 is 6.03 Å². The summed E-state index contributed by atoms with van der Waals surface area (Å²) in [6, 6.07) is -0.0402. The van der Waals surface area contributed by atoms with E-state index in [1.54, 1.807) is 23.9 Å². The molecule has 0 aromatic carbocycles. The van der Waals surface area contributed by atoms with Crippen LogP contribution in [0.5, 0.6) is 0 Å². The van der Waals surface area contributed by atoms with Gasteiger partial charge in [-0.2, -0.15) is 0 Å². The molecule has 1 fully saturated rings. The summed E-state index contributed by atoms with van der Waals surface area (Å²) >= 11 is 1.44. The van der Waals surface area contributed by atoms with Crippen molar-refractivity contribution in [1.82, 2.24) is 20.0 Å². The highest BCUT2D eigenvalue weighted by molar-refractivity contribution is 7.15. The first-order valence-corrected chi connectivity index (χ1v) is 9.42. The van der Waals surface area contributed by atoms with E-state index in [0.717, 1.165) is 30.7 Å². The number of aryl methyl sites for hydroxylation is 1. The normalized spacial score (nSPS) is 17.6. The number of hydrogen-bond acceptors (Lipinski definition) is 5. The van der Waals surface area contributed by atoms with E-state index in [-0.39, 0.29) is 17.9 Å². The number of piperidine rings is 1. The Morgan fingerprint density at radius 2 is 2.12 bits per heavy atom. The maximum Gasteiger partial charge on any atom is 0.319 e. The minimum absolute atomic E-state index is 0.0402. The SMILES string of the molecule is CCCCCc1nnc(NC(=O)[C@@H]2CCCN(C(=O)N(C)C)C2)s1. The molecule has 1 N–H and O–H groups in total. The molecule has 1 aromatic rings. The Labute approximate surface area is 147 Å². The van der Waals surface area contributed by atoms with Gasteiger partial charge < -0.3 is 15.1 Å². The van der Waals surface area contributed by atoms with E-state index in [1.807, 2.05) is 0 Å². The molecule has 0 saturated carbocycles. The summed E-state index contributed by atoms with van der Waals surface area (Å²) < 4.78 is 0. The van der Waals surface area contributed by atoms with Crippen LogP contribution < -0.4 is 5.32 Å². The fourth-order valence-electron chi connectivity index (χ4n) is 2.79. The molecule has 134 valence electrons. The quantitative estimate of drug-likeness (QED) is 0.797. The summed E-state index contributed by atoms with van der Waals surface area (Å²) in [7, 11) is 3.46. The van der Waals surface area contributed by atoms with Crippen LogP contribution in [0.2, 0.25) is 0 Å². The molecule has 1 aromatic heterocycles. The summed E-state index contributed by atoms with van der Waals surface area (Å²) in [6.07, 6.45) is 6.01. The van der Waals surface area contributed by atoms with E-state index in [0.29, 0.717) is 18.2 Å². The molecule has 7 nitrogen and oxygen atoms in total. The average Bonchev–Trinajstić information content (AvgIpc) is 3.01. The summed E-state index contributed by atoms with van der Waals surface area (Å²) in [5, 5.41) is 12.6. The molecule has 3 amide bonds. The number of anilines is 1. The molecule has 0 bridgehead atoms. The summed E-state index contributed by atoms with van der Waals surface area (Å²) in [5.74, 6) is -0.252. The van der Waals surface area contributed by atoms with Gasteiger partial charge in [0.25, 0.3) is 0 Å². The molecule has 24 heavy (non-hydrogen) atoms. The van der Waals surface area contributed by atoms with Crippen LogP contribution in [-0.4, -0.2) is 59.1 Å². The van der Waals surface area contributed by atoms with Crippen molar-refractivity contribution in [3.63, 3.8) is 0 Å². The Balaban J connectivity index is 1.86. The lowest BCUT2D eigenvalue weighted by molar-refractivity contribution is -0.121. The Morgan fingerprint density at radius 1 is 1.33 bits per heavy atom. The van der Waals surface area contributed by atoms with E-state index < -0.39 is 0 Å². The van der Waals surface area contributed by atoms with Crippen molar-refractivity contribution in [1.29, 1.82) is 0 Å². The minimum Gasteiger partial charge on any atom is -0.331 e. The van der Waals surface area contributed by atoms with Crippen LogP contribution in [0, 0.1) is 5.92 Å². The molecule has 0 spiro atoms. The van der Waals surface area contributed by atoms with E-state index in [9.17, 15) is 9.59 Å². The van der Waals surface area contributed by atoms with Crippen molar-refractivity contribution in [3.05, 3.63) is 5.01 Å². The average molecular weight is 353 g/mol. The van der Waals surface area contributed by atoms with Crippen molar-refractivity contribution in [2.45, 2.75) is 45.4 Å². The smallest absolute Gasteiger partial charge is 0.319 e. The Bertz CT molecular complexity index is 560. The molecule has 2 heterocycles. The second-order valence-corrected chi connectivity index (χ2v) is 7.47. The van der Waals surface area contributed by atoms with Gasteiger partial charge in [-0.25, -0.2) is 4.79 Å². The molecule has 1 atom stereocenters. The van der Waals surface area contributed by atoms with Crippen molar-refractivity contribution in [3.8, 4) is 0 Å². The van der Waals surface area contributed by atoms with Crippen molar-refractivity contribution < 1.29 is 9.59 Å². The van der Waals surface area contributed by atoms with Crippen molar-refractivity contribution >= 4 is 28.4 Å². The monoisotopic (exact) mass is 353 g/mol. The summed E-state index contributed by atoms with van der Waals surface area (Å²) in [6.45, 7) is 3.34. The topological polar surface area (TPSA) is 78.4 Å². The summed E-state index contributed by atoms with van der Waals surface area (Å²) in [5.41, 5.74) is 0. The number of aromatic nitrogens is 2. The third kappa shape index (κ3) is 5.15. The molecule has 1 saturated heterocycles. The third-order valence-electron chi connectivity index (χ3n) is 4.14. The minimum atomic E-state index is -0.185. The predicted octanol–water partition coefficient (Wildman–Crippen LogP) is 2.60. The highest BCUT2D eigenvalue weighted by Crippen LogP contribution is 2.22. The molecular formula is C16H27N5O2S. The van der Waals surface area contributed by atoms with E-state index in [1.165, 1.54) is 24.2 Å². The second kappa shape index (κ2) is 8.96. The largest absolute Gasteiger partial charge is 0.331 e. The fourth-order valence-corrected chi connectivity index (χ4v) is 3.57. The highest BCUT2D eigenvalue weighted by Gasteiger charge is 2.29. The lowest BCUT2D eigenvalue weighted by Gasteiger charge is -2.33. The van der Waals surface area contributed by atoms with Gasteiger partial charge in [0.15, 0.2) is 0 Å². The Morgan fingerprint density at radius 3 is 2.83 bits per heavy atom. The molecule has 2 rings (SSSR count). The van der Waals surface area contributed by atoms with Gasteiger partial charge in [-0.3, -0.25) is 4.79 Å². The van der Waals surface area contributed by atoms with Crippen LogP contribution in [0.15, 0.2) is 0 Å². The van der Waals surface area contributed by atoms with Crippen LogP contribution in [0.3, 0.4) is 0 Å². The van der Waals surface area contributed by atoms with E-state index >= 15 is 0 Å². The van der Waals surface area contributed by atoms with Gasteiger partial charge in [0.1, 0.15) is 5.01 Å². The van der Waals surface area contributed by atoms with E-state index in [4.69, 9.17) is 0 Å².